The maximum Gasteiger partial charge on any atom is 0.437 e. The fourth-order valence-electron chi connectivity index (χ4n) is 11.5. The van der Waals surface area contributed by atoms with Crippen molar-refractivity contribution in [2.45, 2.75) is 255 Å². The molecular formula is C74H94F12N4O16. The highest BCUT2D eigenvalue weighted by molar-refractivity contribution is 5.90. The summed E-state index contributed by atoms with van der Waals surface area (Å²) in [7, 11) is 5.00. The molecule has 0 fully saturated rings. The van der Waals surface area contributed by atoms with Crippen LogP contribution in [0.3, 0.4) is 0 Å². The van der Waals surface area contributed by atoms with Crippen molar-refractivity contribution in [3.63, 3.8) is 0 Å². The second-order valence-corrected chi connectivity index (χ2v) is 25.6. The minimum Gasteiger partial charge on any atom is -0.479 e. The smallest absolute Gasteiger partial charge is 0.437 e. The Morgan fingerprint density at radius 3 is 0.840 bits per heavy atom. The van der Waals surface area contributed by atoms with Gasteiger partial charge in [0.05, 0.1) is 42.9 Å². The van der Waals surface area contributed by atoms with Gasteiger partial charge >= 0.3 is 48.6 Å². The lowest BCUT2D eigenvalue weighted by atomic mass is 9.97. The van der Waals surface area contributed by atoms with Crippen LogP contribution in [0.2, 0.25) is 0 Å². The van der Waals surface area contributed by atoms with E-state index in [2.05, 4.69) is 25.4 Å². The maximum absolute atomic E-state index is 13.3. The molecule has 0 saturated carbocycles. The average Bonchev–Trinajstić information content (AvgIpc) is 1.68. The Hall–Kier alpha value is -9.00. The minimum absolute atomic E-state index is 0.00150. The van der Waals surface area contributed by atoms with Crippen LogP contribution in [-0.2, 0) is 109 Å². The van der Waals surface area contributed by atoms with Crippen LogP contribution in [-0.4, -0.2) is 94.3 Å². The van der Waals surface area contributed by atoms with Gasteiger partial charge in [0.15, 0.2) is 68.5 Å². The number of esters is 3. The monoisotopic (exact) mass is 1520 g/mol. The van der Waals surface area contributed by atoms with Gasteiger partial charge in [-0.3, -0.25) is 0 Å². The number of aromatic nitrogens is 4. The molecule has 0 spiro atoms. The van der Waals surface area contributed by atoms with Crippen molar-refractivity contribution in [2.24, 2.45) is 0 Å². The average molecular weight is 1530 g/mol. The Balaban J connectivity index is 0.000000299. The van der Waals surface area contributed by atoms with Crippen molar-refractivity contribution >= 4 is 67.8 Å². The van der Waals surface area contributed by atoms with Gasteiger partial charge in [-0.25, -0.2) is 19.2 Å². The van der Waals surface area contributed by atoms with Crippen LogP contribution in [0.25, 0.3) is 43.9 Å². The third-order valence-electron chi connectivity index (χ3n) is 16.2. The summed E-state index contributed by atoms with van der Waals surface area (Å²) in [5.74, 6) is -1.48. The molecule has 0 radical (unpaired) electrons. The molecule has 1 N–H and O–H groups in total. The van der Waals surface area contributed by atoms with E-state index < -0.39 is 94.8 Å². The number of halogens is 12. The lowest BCUT2D eigenvalue weighted by Crippen LogP contribution is -2.39. The van der Waals surface area contributed by atoms with Crippen LogP contribution in [0.1, 0.15) is 224 Å². The number of aryl methyl sites for hydroxylation is 8. The van der Waals surface area contributed by atoms with Crippen molar-refractivity contribution < 1.29 is 130 Å². The summed E-state index contributed by atoms with van der Waals surface area (Å²) in [6, 6.07) is 5.55. The molecule has 8 aromatic rings. The normalized spacial score (nSPS) is 12.7. The summed E-state index contributed by atoms with van der Waals surface area (Å²) in [5.41, 5.74) is -2.52. The zero-order chi connectivity index (χ0) is 81.1. The number of fused-ring (bicyclic) bond motifs is 4. The summed E-state index contributed by atoms with van der Waals surface area (Å²) in [5, 5.41) is 21.7. The summed E-state index contributed by atoms with van der Waals surface area (Å²) in [6.07, 6.45) is -11.5. The Bertz CT molecular complexity index is 4150. The van der Waals surface area contributed by atoms with E-state index in [0.29, 0.717) is 164 Å². The van der Waals surface area contributed by atoms with Crippen molar-refractivity contribution in [1.82, 2.24) is 20.6 Å². The quantitative estimate of drug-likeness (QED) is 0.0271. The number of carboxylic acid groups (broad SMARTS) is 1. The van der Waals surface area contributed by atoms with Crippen LogP contribution in [0.15, 0.2) is 42.4 Å². The van der Waals surface area contributed by atoms with E-state index in [4.69, 9.17) is 53.0 Å². The fourth-order valence-corrected chi connectivity index (χ4v) is 11.5. The summed E-state index contributed by atoms with van der Waals surface area (Å²) >= 11 is 0. The highest BCUT2D eigenvalue weighted by Crippen LogP contribution is 2.47. The maximum atomic E-state index is 13.3. The van der Waals surface area contributed by atoms with E-state index in [-0.39, 0.29) is 49.6 Å². The Labute approximate surface area is 607 Å². The zero-order valence-electron chi connectivity index (χ0n) is 63.7. The minimum atomic E-state index is -4.63. The lowest BCUT2D eigenvalue weighted by molar-refractivity contribution is -0.156. The molecule has 4 heterocycles. The van der Waals surface area contributed by atoms with Gasteiger partial charge in [0.1, 0.15) is 23.0 Å². The van der Waals surface area contributed by atoms with Crippen LogP contribution in [0, 0.1) is 0 Å². The second-order valence-electron chi connectivity index (χ2n) is 25.6. The van der Waals surface area contributed by atoms with Crippen LogP contribution in [0.4, 0.5) is 52.7 Å². The molecule has 4 aromatic carbocycles. The van der Waals surface area contributed by atoms with Crippen molar-refractivity contribution in [1.29, 1.82) is 0 Å². The first-order valence-corrected chi connectivity index (χ1v) is 34.3. The van der Waals surface area contributed by atoms with Crippen LogP contribution < -0.4 is 18.9 Å². The second kappa shape index (κ2) is 37.5. The van der Waals surface area contributed by atoms with Crippen molar-refractivity contribution in [2.75, 3.05) is 21.3 Å². The van der Waals surface area contributed by atoms with E-state index in [1.807, 2.05) is 55.4 Å². The van der Waals surface area contributed by atoms with E-state index in [0.717, 1.165) is 0 Å². The van der Waals surface area contributed by atoms with Crippen LogP contribution >= 0.6 is 0 Å². The van der Waals surface area contributed by atoms with Gasteiger partial charge in [0.25, 0.3) is 0 Å². The SMILES string of the molecule is CCCc1cc2c(C(F)(F)F)noc2c(CCC)c1OC(C)(C)C(=O)OC.CCCc1cc2c(C(F)(F)F)noc2c(CCC)c1OC(C)(C)C(=O)OC.CCCc1cc2c(C(F)(F)F)noc2c(CCC)c1OC(C)C(=O)O.CCCc1cc2c(C(F)(F)F)noc2c(CCC)c1OC(C)C(=O)OC.[3H]C. The van der Waals surface area contributed by atoms with E-state index in [1.54, 1.807) is 27.7 Å². The predicted octanol–water partition coefficient (Wildman–Crippen LogP) is 20.1. The molecule has 32 heteroatoms. The van der Waals surface area contributed by atoms with Gasteiger partial charge in [-0.2, -0.15) is 52.7 Å². The number of nitrogens with zero attached hydrogens (tertiary/aromatic N) is 4. The predicted molar refractivity (Wildman–Crippen MR) is 368 cm³/mol. The summed E-state index contributed by atoms with van der Waals surface area (Å²) in [6.45, 7) is 24.3. The first-order chi connectivity index (χ1) is 50.1. The molecule has 0 saturated heterocycles. The summed E-state index contributed by atoms with van der Waals surface area (Å²) in [4.78, 5) is 46.9. The molecule has 0 aliphatic rings. The number of carbonyl (C=O) groups excluding carboxylic acids is 3. The standard InChI is InChI=1S/2C19H24F3NO4.C18H22F3NO4.C17H20F3NO4.CH4/c2*1-6-8-11-10-13-15(27-23-16(13)19(20,21)22)12(9-7-2)14(11)26-18(3,4)17(24)25-5;1-5-7-11-9-13-15(26-22-16(13)18(19,20)21)12(8-6-2)14(11)25-10(3)17(23)24-4;1-4-6-10-8-12-14(25-21-15(12)17(18,19)20)11(7-5-2)13(10)24-9(3)16(22)23;/h2*10H,6-9H2,1-5H3;9-10H,5-8H2,1-4H3;8-9H,4-7H2,1-3H3,(H,22,23);1H4/i;;;;1T. The Morgan fingerprint density at radius 1 is 0.406 bits per heavy atom. The third-order valence-corrected chi connectivity index (χ3v) is 16.2. The first kappa shape index (κ1) is 87.6. The van der Waals surface area contributed by atoms with E-state index in [9.17, 15) is 71.9 Å². The molecule has 2 unspecified atom stereocenters. The number of hydrogen-bond acceptors (Lipinski definition) is 19. The first-order valence-electron chi connectivity index (χ1n) is 35.3. The number of benzene rings is 4. The zero-order valence-corrected chi connectivity index (χ0v) is 62.7. The number of hydrogen-bond donors (Lipinski definition) is 1. The van der Waals surface area contributed by atoms with Gasteiger partial charge < -0.3 is 56.4 Å². The molecule has 0 bridgehead atoms. The molecule has 0 amide bonds. The van der Waals surface area contributed by atoms with Crippen molar-refractivity contribution in [3.8, 4) is 23.0 Å². The molecule has 2 atom stereocenters. The van der Waals surface area contributed by atoms with Gasteiger partial charge in [-0.05, 0) is 139 Å². The molecule has 0 aliphatic heterocycles. The van der Waals surface area contributed by atoms with Crippen molar-refractivity contribution in [3.05, 3.63) is 91.5 Å². The molecule has 106 heavy (non-hydrogen) atoms. The number of ether oxygens (including phenoxy) is 7. The van der Waals surface area contributed by atoms with Gasteiger partial charge in [-0.1, -0.05) is 135 Å². The lowest BCUT2D eigenvalue weighted by Gasteiger charge is -2.27. The number of rotatable bonds is 28. The van der Waals surface area contributed by atoms with E-state index >= 15 is 0 Å². The molecule has 8 rings (SSSR count). The van der Waals surface area contributed by atoms with Gasteiger partial charge in [0.2, 0.25) is 0 Å². The number of alkyl halides is 12. The Morgan fingerprint density at radius 2 is 0.632 bits per heavy atom. The highest BCUT2D eigenvalue weighted by Gasteiger charge is 2.44. The molecule has 0 aliphatic carbocycles. The molecular weight excluding hydrogens is 1430 g/mol. The molecule has 4 aromatic heterocycles. The summed E-state index contributed by atoms with van der Waals surface area (Å²) < 4.78 is 222. The third kappa shape index (κ3) is 21.2. The largest absolute Gasteiger partial charge is 0.479 e. The van der Waals surface area contributed by atoms with Crippen LogP contribution in [0.5, 0.6) is 23.0 Å². The number of methoxy groups -OCH3 is 3. The topological polar surface area (TPSA) is 257 Å². The molecule has 20 nitrogen and oxygen atoms in total. The fraction of sp³-hybridized carbons (Fsp3) is 0.568. The van der Waals surface area contributed by atoms with Gasteiger partial charge in [0, 0.05) is 23.6 Å². The molecule has 590 valence electrons. The highest BCUT2D eigenvalue weighted by atomic mass is 19.4. The number of carbonyl (C=O) groups is 4. The Kier molecular flexibility index (Phi) is 31.0. The van der Waals surface area contributed by atoms with E-state index in [1.165, 1.54) is 66.8 Å². The number of aliphatic carboxylic acids is 1. The number of carboxylic acids is 1. The van der Waals surface area contributed by atoms with Gasteiger partial charge in [-0.15, -0.1) is 0 Å².